The van der Waals surface area contributed by atoms with Gasteiger partial charge in [-0.25, -0.2) is 0 Å². The van der Waals surface area contributed by atoms with Crippen LogP contribution in [0.1, 0.15) is 18.4 Å². The van der Waals surface area contributed by atoms with Crippen molar-refractivity contribution in [3.8, 4) is 0 Å². The largest absolute Gasteiger partial charge is 0.372 e. The monoisotopic (exact) mass is 273 g/mol. The van der Waals surface area contributed by atoms with Crippen LogP contribution < -0.4 is 10.2 Å². The van der Waals surface area contributed by atoms with E-state index in [0.717, 1.165) is 5.92 Å². The van der Waals surface area contributed by atoms with Crippen molar-refractivity contribution in [1.29, 1.82) is 0 Å². The second-order valence-electron chi connectivity index (χ2n) is 6.32. The SMILES string of the molecule is Cc1ccc(N2CCC(CN3CCNCC3)CC2)cc1. The van der Waals surface area contributed by atoms with Crippen molar-refractivity contribution in [2.45, 2.75) is 19.8 Å². The summed E-state index contributed by atoms with van der Waals surface area (Å²) in [7, 11) is 0. The lowest BCUT2D eigenvalue weighted by atomic mass is 9.95. The zero-order chi connectivity index (χ0) is 13.8. The Bertz CT molecular complexity index is 401. The Kier molecular flexibility index (Phi) is 4.58. The van der Waals surface area contributed by atoms with Crippen molar-refractivity contribution in [2.24, 2.45) is 5.92 Å². The molecule has 2 aliphatic heterocycles. The van der Waals surface area contributed by atoms with Crippen LogP contribution in [-0.2, 0) is 0 Å². The van der Waals surface area contributed by atoms with E-state index in [1.165, 1.54) is 69.9 Å². The third-order valence-electron chi connectivity index (χ3n) is 4.74. The molecule has 110 valence electrons. The lowest BCUT2D eigenvalue weighted by Gasteiger charge is -2.37. The molecule has 3 nitrogen and oxygen atoms in total. The van der Waals surface area contributed by atoms with Gasteiger partial charge in [0.25, 0.3) is 0 Å². The Morgan fingerprint density at radius 2 is 1.65 bits per heavy atom. The van der Waals surface area contributed by atoms with E-state index >= 15 is 0 Å². The first-order valence-corrected chi connectivity index (χ1v) is 8.06. The topological polar surface area (TPSA) is 18.5 Å². The third kappa shape index (κ3) is 3.53. The molecule has 1 aromatic rings. The number of nitrogens with one attached hydrogen (secondary N) is 1. The number of rotatable bonds is 3. The fourth-order valence-corrected chi connectivity index (χ4v) is 3.39. The number of hydrogen-bond acceptors (Lipinski definition) is 3. The Morgan fingerprint density at radius 1 is 1.00 bits per heavy atom. The zero-order valence-corrected chi connectivity index (χ0v) is 12.6. The summed E-state index contributed by atoms with van der Waals surface area (Å²) < 4.78 is 0. The van der Waals surface area contributed by atoms with Gasteiger partial charge >= 0.3 is 0 Å². The Labute approximate surface area is 123 Å². The maximum absolute atomic E-state index is 3.44. The molecule has 0 aliphatic carbocycles. The summed E-state index contributed by atoms with van der Waals surface area (Å²) in [5.41, 5.74) is 2.75. The molecule has 2 saturated heterocycles. The second kappa shape index (κ2) is 6.59. The minimum absolute atomic E-state index is 0.898. The third-order valence-corrected chi connectivity index (χ3v) is 4.74. The van der Waals surface area contributed by atoms with Crippen molar-refractivity contribution >= 4 is 5.69 Å². The van der Waals surface area contributed by atoms with E-state index in [1.807, 2.05) is 0 Å². The highest BCUT2D eigenvalue weighted by Crippen LogP contribution is 2.24. The van der Waals surface area contributed by atoms with Crippen LogP contribution in [0.5, 0.6) is 0 Å². The van der Waals surface area contributed by atoms with Crippen LogP contribution in [0, 0.1) is 12.8 Å². The molecule has 0 saturated carbocycles. The average Bonchev–Trinajstić information content (AvgIpc) is 2.50. The van der Waals surface area contributed by atoms with Crippen LogP contribution in [0.2, 0.25) is 0 Å². The molecule has 2 aliphatic rings. The summed E-state index contributed by atoms with van der Waals surface area (Å²) >= 11 is 0. The molecule has 0 atom stereocenters. The smallest absolute Gasteiger partial charge is 0.0366 e. The summed E-state index contributed by atoms with van der Waals surface area (Å²) in [5, 5.41) is 3.44. The van der Waals surface area contributed by atoms with Crippen molar-refractivity contribution in [3.05, 3.63) is 29.8 Å². The van der Waals surface area contributed by atoms with Crippen LogP contribution in [0.4, 0.5) is 5.69 Å². The minimum atomic E-state index is 0.898. The molecule has 2 fully saturated rings. The molecule has 20 heavy (non-hydrogen) atoms. The Hall–Kier alpha value is -1.06. The summed E-state index contributed by atoms with van der Waals surface area (Å²) in [6.07, 6.45) is 2.69. The molecule has 2 heterocycles. The highest BCUT2D eigenvalue weighted by atomic mass is 15.2. The van der Waals surface area contributed by atoms with Crippen LogP contribution in [0.25, 0.3) is 0 Å². The minimum Gasteiger partial charge on any atom is -0.372 e. The normalized spacial score (nSPS) is 22.1. The quantitative estimate of drug-likeness (QED) is 0.910. The summed E-state index contributed by atoms with van der Waals surface area (Å²) in [6.45, 7) is 10.7. The van der Waals surface area contributed by atoms with Gasteiger partial charge in [0, 0.05) is 51.5 Å². The van der Waals surface area contributed by atoms with Gasteiger partial charge in [0.05, 0.1) is 0 Å². The molecule has 0 amide bonds. The van der Waals surface area contributed by atoms with Crippen LogP contribution in [0.3, 0.4) is 0 Å². The Balaban J connectivity index is 1.47. The van der Waals surface area contributed by atoms with Gasteiger partial charge in [0.1, 0.15) is 0 Å². The second-order valence-corrected chi connectivity index (χ2v) is 6.32. The first kappa shape index (κ1) is 13.9. The molecule has 3 rings (SSSR count). The van der Waals surface area contributed by atoms with Gasteiger partial charge < -0.3 is 15.1 Å². The molecular weight excluding hydrogens is 246 g/mol. The first-order chi connectivity index (χ1) is 9.81. The average molecular weight is 273 g/mol. The van der Waals surface area contributed by atoms with Crippen molar-refractivity contribution in [1.82, 2.24) is 10.2 Å². The lowest BCUT2D eigenvalue weighted by Crippen LogP contribution is -2.46. The fraction of sp³-hybridized carbons (Fsp3) is 0.647. The Morgan fingerprint density at radius 3 is 2.30 bits per heavy atom. The molecule has 1 N–H and O–H groups in total. The molecule has 0 bridgehead atoms. The fourth-order valence-electron chi connectivity index (χ4n) is 3.39. The van der Waals surface area contributed by atoms with E-state index < -0.39 is 0 Å². The van der Waals surface area contributed by atoms with E-state index in [1.54, 1.807) is 0 Å². The molecule has 0 aromatic heterocycles. The predicted octanol–water partition coefficient (Wildman–Crippen LogP) is 2.12. The van der Waals surface area contributed by atoms with Crippen molar-refractivity contribution in [3.63, 3.8) is 0 Å². The number of piperazine rings is 1. The maximum atomic E-state index is 3.44. The van der Waals surface area contributed by atoms with Gasteiger partial charge in [-0.2, -0.15) is 0 Å². The molecule has 0 unspecified atom stereocenters. The summed E-state index contributed by atoms with van der Waals surface area (Å²) in [4.78, 5) is 5.19. The van der Waals surface area contributed by atoms with Crippen LogP contribution in [-0.4, -0.2) is 50.7 Å². The highest BCUT2D eigenvalue weighted by molar-refractivity contribution is 5.47. The number of hydrogen-bond donors (Lipinski definition) is 1. The molecular formula is C17H27N3. The van der Waals surface area contributed by atoms with E-state index in [2.05, 4.69) is 46.3 Å². The molecule has 0 radical (unpaired) electrons. The number of piperidine rings is 1. The number of anilines is 1. The number of nitrogens with zero attached hydrogens (tertiary/aromatic N) is 2. The van der Waals surface area contributed by atoms with E-state index in [-0.39, 0.29) is 0 Å². The van der Waals surface area contributed by atoms with Crippen LogP contribution in [0.15, 0.2) is 24.3 Å². The van der Waals surface area contributed by atoms with Gasteiger partial charge in [0.2, 0.25) is 0 Å². The van der Waals surface area contributed by atoms with Gasteiger partial charge in [-0.1, -0.05) is 17.7 Å². The predicted molar refractivity (Wildman–Crippen MR) is 85.4 cm³/mol. The van der Waals surface area contributed by atoms with E-state index in [9.17, 15) is 0 Å². The van der Waals surface area contributed by atoms with Crippen molar-refractivity contribution in [2.75, 3.05) is 50.7 Å². The molecule has 1 aromatic carbocycles. The number of aryl methyl sites for hydroxylation is 1. The van der Waals surface area contributed by atoms with Crippen molar-refractivity contribution < 1.29 is 0 Å². The highest BCUT2D eigenvalue weighted by Gasteiger charge is 2.22. The van der Waals surface area contributed by atoms with Gasteiger partial charge in [-0.05, 0) is 37.8 Å². The standard InChI is InChI=1S/C17H27N3/c1-15-2-4-17(5-3-15)20-10-6-16(7-11-20)14-19-12-8-18-9-13-19/h2-5,16,18H,6-14H2,1H3. The summed E-state index contributed by atoms with van der Waals surface area (Å²) in [5.74, 6) is 0.898. The van der Waals surface area contributed by atoms with Gasteiger partial charge in [-0.15, -0.1) is 0 Å². The zero-order valence-electron chi connectivity index (χ0n) is 12.6. The van der Waals surface area contributed by atoms with Gasteiger partial charge in [-0.3, -0.25) is 0 Å². The van der Waals surface area contributed by atoms with E-state index in [4.69, 9.17) is 0 Å². The number of benzene rings is 1. The van der Waals surface area contributed by atoms with Gasteiger partial charge in [0.15, 0.2) is 0 Å². The molecule has 3 heteroatoms. The molecule has 0 spiro atoms. The lowest BCUT2D eigenvalue weighted by molar-refractivity contribution is 0.190. The van der Waals surface area contributed by atoms with E-state index in [0.29, 0.717) is 0 Å². The van der Waals surface area contributed by atoms with Crippen LogP contribution >= 0.6 is 0 Å². The first-order valence-electron chi connectivity index (χ1n) is 8.06. The summed E-state index contributed by atoms with van der Waals surface area (Å²) in [6, 6.07) is 8.99. The maximum Gasteiger partial charge on any atom is 0.0366 e.